The standard InChI is InChI=1S/C20H16N4/c1-3-9-15(10-4-1)19(16-11-5-2-6-12-16)23-24-20-21-17-13-7-8-14-18(17)22-20/h1-14H,(H2,21,22,24). The van der Waals surface area contributed by atoms with Crippen LogP contribution in [0.5, 0.6) is 0 Å². The molecule has 4 nitrogen and oxygen atoms in total. The number of para-hydroxylation sites is 2. The number of H-pyrrole nitrogens is 1. The van der Waals surface area contributed by atoms with Crippen LogP contribution in [0.2, 0.25) is 0 Å². The maximum atomic E-state index is 4.60. The van der Waals surface area contributed by atoms with Crippen molar-refractivity contribution in [1.82, 2.24) is 9.97 Å². The van der Waals surface area contributed by atoms with Crippen LogP contribution in [0.3, 0.4) is 0 Å². The second kappa shape index (κ2) is 6.38. The Morgan fingerprint density at radius 1 is 0.750 bits per heavy atom. The number of hydrogen-bond donors (Lipinski definition) is 2. The molecule has 0 atom stereocenters. The molecule has 0 spiro atoms. The normalized spacial score (nSPS) is 10.5. The molecule has 24 heavy (non-hydrogen) atoms. The van der Waals surface area contributed by atoms with Gasteiger partial charge in [0.2, 0.25) is 5.95 Å². The number of nitrogens with zero attached hydrogens (tertiary/aromatic N) is 2. The number of hydrogen-bond acceptors (Lipinski definition) is 3. The number of rotatable bonds is 4. The molecule has 0 saturated heterocycles. The summed E-state index contributed by atoms with van der Waals surface area (Å²) in [6, 6.07) is 28.1. The molecule has 4 heteroatoms. The number of benzene rings is 3. The van der Waals surface area contributed by atoms with Crippen molar-refractivity contribution >= 4 is 22.7 Å². The number of fused-ring (bicyclic) bond motifs is 1. The highest BCUT2D eigenvalue weighted by molar-refractivity contribution is 6.13. The molecule has 0 amide bonds. The highest BCUT2D eigenvalue weighted by Gasteiger charge is 2.07. The molecular weight excluding hydrogens is 296 g/mol. The quantitative estimate of drug-likeness (QED) is 0.433. The van der Waals surface area contributed by atoms with Crippen molar-refractivity contribution in [2.24, 2.45) is 5.10 Å². The van der Waals surface area contributed by atoms with E-state index < -0.39 is 0 Å². The van der Waals surface area contributed by atoms with Crippen molar-refractivity contribution < 1.29 is 0 Å². The van der Waals surface area contributed by atoms with E-state index in [-0.39, 0.29) is 0 Å². The number of anilines is 1. The molecule has 4 aromatic rings. The summed E-state index contributed by atoms with van der Waals surface area (Å²) < 4.78 is 0. The molecule has 4 rings (SSSR count). The van der Waals surface area contributed by atoms with Crippen LogP contribution in [0.15, 0.2) is 90.0 Å². The zero-order valence-corrected chi connectivity index (χ0v) is 13.0. The van der Waals surface area contributed by atoms with Gasteiger partial charge >= 0.3 is 0 Å². The van der Waals surface area contributed by atoms with Gasteiger partial charge in [-0.1, -0.05) is 72.8 Å². The molecule has 0 aliphatic heterocycles. The van der Waals surface area contributed by atoms with Gasteiger partial charge in [-0.2, -0.15) is 5.10 Å². The Labute approximate surface area is 139 Å². The lowest BCUT2D eigenvalue weighted by Gasteiger charge is -2.07. The smallest absolute Gasteiger partial charge is 0.222 e. The summed E-state index contributed by atoms with van der Waals surface area (Å²) in [5, 5.41) is 4.60. The lowest BCUT2D eigenvalue weighted by atomic mass is 10.0. The third-order valence-electron chi connectivity index (χ3n) is 3.76. The number of aromatic nitrogens is 2. The molecule has 3 aromatic carbocycles. The van der Waals surface area contributed by atoms with Crippen molar-refractivity contribution in [3.05, 3.63) is 96.1 Å². The lowest BCUT2D eigenvalue weighted by molar-refractivity contribution is 1.21. The van der Waals surface area contributed by atoms with E-state index in [2.05, 4.69) is 20.5 Å². The number of imidazole rings is 1. The molecule has 1 aromatic heterocycles. The average molecular weight is 312 g/mol. The summed E-state index contributed by atoms with van der Waals surface area (Å²) >= 11 is 0. The van der Waals surface area contributed by atoms with Crippen molar-refractivity contribution in [3.8, 4) is 0 Å². The minimum atomic E-state index is 0.626. The van der Waals surface area contributed by atoms with Gasteiger partial charge in [0.25, 0.3) is 0 Å². The van der Waals surface area contributed by atoms with Crippen molar-refractivity contribution in [3.63, 3.8) is 0 Å². The van der Waals surface area contributed by atoms with Crippen molar-refractivity contribution in [2.75, 3.05) is 5.43 Å². The van der Waals surface area contributed by atoms with Gasteiger partial charge in [0.1, 0.15) is 0 Å². The molecule has 2 N–H and O–H groups in total. The highest BCUT2D eigenvalue weighted by atomic mass is 15.4. The predicted molar refractivity (Wildman–Crippen MR) is 98.2 cm³/mol. The Morgan fingerprint density at radius 3 is 1.96 bits per heavy atom. The van der Waals surface area contributed by atoms with E-state index >= 15 is 0 Å². The fourth-order valence-electron chi connectivity index (χ4n) is 2.60. The lowest BCUT2D eigenvalue weighted by Crippen LogP contribution is -2.06. The average Bonchev–Trinajstić information content (AvgIpc) is 3.07. The largest absolute Gasteiger partial charge is 0.323 e. The molecule has 0 fully saturated rings. The van der Waals surface area contributed by atoms with Gasteiger partial charge < -0.3 is 4.98 Å². The molecule has 116 valence electrons. The first-order chi connectivity index (χ1) is 11.9. The topological polar surface area (TPSA) is 53.1 Å². The monoisotopic (exact) mass is 312 g/mol. The second-order valence-corrected chi connectivity index (χ2v) is 5.41. The van der Waals surface area contributed by atoms with Crippen LogP contribution in [0, 0.1) is 0 Å². The Kier molecular flexibility index (Phi) is 3.78. The minimum absolute atomic E-state index is 0.626. The molecule has 0 aliphatic carbocycles. The minimum Gasteiger partial charge on any atom is -0.323 e. The van der Waals surface area contributed by atoms with Gasteiger partial charge in [-0.25, -0.2) is 10.4 Å². The summed E-state index contributed by atoms with van der Waals surface area (Å²) in [7, 11) is 0. The van der Waals surface area contributed by atoms with Crippen LogP contribution < -0.4 is 5.43 Å². The summed E-state index contributed by atoms with van der Waals surface area (Å²) in [4.78, 5) is 7.72. The fourth-order valence-corrected chi connectivity index (χ4v) is 2.60. The number of nitrogens with one attached hydrogen (secondary N) is 2. The summed E-state index contributed by atoms with van der Waals surface area (Å²) in [5.41, 5.74) is 7.92. The molecular formula is C20H16N4. The first kappa shape index (κ1) is 14.2. The van der Waals surface area contributed by atoms with Gasteiger partial charge in [0, 0.05) is 11.1 Å². The van der Waals surface area contributed by atoms with Gasteiger partial charge in [0.15, 0.2) is 0 Å². The Morgan fingerprint density at radius 2 is 1.33 bits per heavy atom. The van der Waals surface area contributed by atoms with Crippen LogP contribution in [-0.2, 0) is 0 Å². The maximum absolute atomic E-state index is 4.60. The summed E-state index contributed by atoms with van der Waals surface area (Å²) in [6.45, 7) is 0. The zero-order valence-electron chi connectivity index (χ0n) is 13.0. The van der Waals surface area contributed by atoms with E-state index in [0.29, 0.717) is 5.95 Å². The number of aromatic amines is 1. The first-order valence-corrected chi connectivity index (χ1v) is 7.79. The highest BCUT2D eigenvalue weighted by Crippen LogP contribution is 2.15. The fraction of sp³-hybridized carbons (Fsp3) is 0. The molecule has 0 radical (unpaired) electrons. The summed E-state index contributed by atoms with van der Waals surface area (Å²) in [5.74, 6) is 0.626. The molecule has 0 unspecified atom stereocenters. The zero-order chi connectivity index (χ0) is 16.2. The van der Waals surface area contributed by atoms with Gasteiger partial charge in [0.05, 0.1) is 16.7 Å². The van der Waals surface area contributed by atoms with E-state index in [9.17, 15) is 0 Å². The Balaban J connectivity index is 1.71. The van der Waals surface area contributed by atoms with Crippen LogP contribution in [-0.4, -0.2) is 15.7 Å². The molecule has 0 bridgehead atoms. The van der Waals surface area contributed by atoms with E-state index in [4.69, 9.17) is 0 Å². The van der Waals surface area contributed by atoms with Crippen LogP contribution in [0.1, 0.15) is 11.1 Å². The van der Waals surface area contributed by atoms with E-state index in [1.165, 1.54) is 0 Å². The van der Waals surface area contributed by atoms with Gasteiger partial charge in [-0.3, -0.25) is 0 Å². The van der Waals surface area contributed by atoms with Crippen molar-refractivity contribution in [2.45, 2.75) is 0 Å². The predicted octanol–water partition coefficient (Wildman–Crippen LogP) is 4.43. The second-order valence-electron chi connectivity index (χ2n) is 5.41. The molecule has 1 heterocycles. The maximum Gasteiger partial charge on any atom is 0.222 e. The first-order valence-electron chi connectivity index (χ1n) is 7.79. The Bertz CT molecular complexity index is 898. The van der Waals surface area contributed by atoms with E-state index in [0.717, 1.165) is 27.9 Å². The van der Waals surface area contributed by atoms with Crippen LogP contribution in [0.25, 0.3) is 11.0 Å². The molecule has 0 saturated carbocycles. The SMILES string of the molecule is c1ccc(C(=NNc2nc3ccccc3[nH]2)c2ccccc2)cc1. The van der Waals surface area contributed by atoms with E-state index in [1.54, 1.807) is 0 Å². The van der Waals surface area contributed by atoms with Crippen LogP contribution >= 0.6 is 0 Å². The third kappa shape index (κ3) is 2.90. The van der Waals surface area contributed by atoms with Crippen LogP contribution in [0.4, 0.5) is 5.95 Å². The van der Waals surface area contributed by atoms with Gasteiger partial charge in [-0.05, 0) is 12.1 Å². The summed E-state index contributed by atoms with van der Waals surface area (Å²) in [6.07, 6.45) is 0. The van der Waals surface area contributed by atoms with Crippen molar-refractivity contribution in [1.29, 1.82) is 0 Å². The molecule has 0 aliphatic rings. The number of hydrazone groups is 1. The van der Waals surface area contributed by atoms with E-state index in [1.807, 2.05) is 84.9 Å². The van der Waals surface area contributed by atoms with Gasteiger partial charge in [-0.15, -0.1) is 0 Å². The third-order valence-corrected chi connectivity index (χ3v) is 3.76. The Hall–Kier alpha value is -3.40.